The maximum absolute atomic E-state index is 12.3. The quantitative estimate of drug-likeness (QED) is 0.632. The number of nitrogens with zero attached hydrogens (tertiary/aromatic N) is 1. The first-order chi connectivity index (χ1) is 6.77. The Kier molecular flexibility index (Phi) is 4.87. The predicted molar refractivity (Wildman–Crippen MR) is 51.8 cm³/mol. The molecule has 1 aliphatic rings. The Hall–Kier alpha value is -0.640. The second-order valence-electron chi connectivity index (χ2n) is 3.67. The van der Waals surface area contributed by atoms with Crippen LogP contribution in [-0.2, 0) is 9.53 Å². The first kappa shape index (κ1) is 11.4. The minimum absolute atomic E-state index is 0.227. The number of alkyl halides is 1. The molecule has 0 unspecified atom stereocenters. The summed E-state index contributed by atoms with van der Waals surface area (Å²) in [5.74, 6) is -0.273. The highest BCUT2D eigenvalue weighted by molar-refractivity contribution is 5.71. The summed E-state index contributed by atoms with van der Waals surface area (Å²) in [6, 6.07) is 0.379. The third kappa shape index (κ3) is 3.25. The van der Waals surface area contributed by atoms with E-state index in [0.29, 0.717) is 12.6 Å². The monoisotopic (exact) mass is 203 g/mol. The topological polar surface area (TPSA) is 29.5 Å². The summed E-state index contributed by atoms with van der Waals surface area (Å²) in [5, 5.41) is 0. The number of carbonyl (C=O) groups excluding carboxylic acids is 1. The molecule has 0 amide bonds. The zero-order chi connectivity index (χ0) is 10.4. The lowest BCUT2D eigenvalue weighted by atomic mass is 10.2. The second-order valence-corrected chi connectivity index (χ2v) is 3.67. The van der Waals surface area contributed by atoms with Gasteiger partial charge in [0.25, 0.3) is 0 Å². The third-order valence-electron chi connectivity index (χ3n) is 2.77. The summed E-state index contributed by atoms with van der Waals surface area (Å²) in [4.78, 5) is 13.0. The van der Waals surface area contributed by atoms with Crippen molar-refractivity contribution < 1.29 is 13.9 Å². The van der Waals surface area contributed by atoms with Crippen LogP contribution in [0, 0.1) is 0 Å². The van der Waals surface area contributed by atoms with Crippen molar-refractivity contribution in [2.75, 3.05) is 26.9 Å². The summed E-state index contributed by atoms with van der Waals surface area (Å²) in [7, 11) is 1.37. The summed E-state index contributed by atoms with van der Waals surface area (Å²) in [6.45, 7) is 0.179. The van der Waals surface area contributed by atoms with Gasteiger partial charge in [0, 0.05) is 12.6 Å². The highest BCUT2D eigenvalue weighted by Crippen LogP contribution is 2.23. The van der Waals surface area contributed by atoms with Gasteiger partial charge >= 0.3 is 5.97 Å². The van der Waals surface area contributed by atoms with E-state index in [-0.39, 0.29) is 12.5 Å². The van der Waals surface area contributed by atoms with Crippen LogP contribution in [0.15, 0.2) is 0 Å². The maximum atomic E-state index is 12.3. The molecule has 0 spiro atoms. The molecule has 0 aromatic heterocycles. The van der Waals surface area contributed by atoms with Crippen molar-refractivity contribution in [1.82, 2.24) is 4.90 Å². The molecular formula is C10H18FNO2. The molecule has 4 heteroatoms. The van der Waals surface area contributed by atoms with Crippen LogP contribution >= 0.6 is 0 Å². The maximum Gasteiger partial charge on any atom is 0.319 e. The van der Waals surface area contributed by atoms with Gasteiger partial charge in [0.2, 0.25) is 0 Å². The van der Waals surface area contributed by atoms with Crippen LogP contribution in [0.3, 0.4) is 0 Å². The van der Waals surface area contributed by atoms with Crippen molar-refractivity contribution in [3.8, 4) is 0 Å². The smallest absolute Gasteiger partial charge is 0.319 e. The van der Waals surface area contributed by atoms with E-state index in [0.717, 1.165) is 12.8 Å². The standard InChI is InChI=1S/C10H18FNO2/c1-14-10(13)8-12(7-6-11)9-4-2-3-5-9/h9H,2-8H2,1H3. The fourth-order valence-corrected chi connectivity index (χ4v) is 2.00. The summed E-state index contributed by atoms with van der Waals surface area (Å²) < 4.78 is 16.8. The average Bonchev–Trinajstić information content (AvgIpc) is 2.69. The van der Waals surface area contributed by atoms with E-state index in [4.69, 9.17) is 0 Å². The molecule has 3 nitrogen and oxygen atoms in total. The lowest BCUT2D eigenvalue weighted by Gasteiger charge is -2.26. The molecule has 82 valence electrons. The van der Waals surface area contributed by atoms with Gasteiger partial charge in [-0.25, -0.2) is 4.39 Å². The molecule has 0 atom stereocenters. The molecule has 1 rings (SSSR count). The molecule has 0 aromatic rings. The van der Waals surface area contributed by atoms with Gasteiger partial charge in [0.05, 0.1) is 13.7 Å². The fraction of sp³-hybridized carbons (Fsp3) is 0.900. The number of hydrogen-bond acceptors (Lipinski definition) is 3. The van der Waals surface area contributed by atoms with E-state index in [1.165, 1.54) is 20.0 Å². The summed E-state index contributed by atoms with van der Waals surface area (Å²) in [6.07, 6.45) is 4.54. The van der Waals surface area contributed by atoms with Crippen LogP contribution in [-0.4, -0.2) is 43.8 Å². The molecule has 0 radical (unpaired) electrons. The Balaban J connectivity index is 2.40. The minimum Gasteiger partial charge on any atom is -0.468 e. The lowest BCUT2D eigenvalue weighted by Crippen LogP contribution is -2.39. The van der Waals surface area contributed by atoms with Gasteiger partial charge in [0.1, 0.15) is 6.67 Å². The third-order valence-corrected chi connectivity index (χ3v) is 2.77. The van der Waals surface area contributed by atoms with Gasteiger partial charge < -0.3 is 4.74 Å². The number of esters is 1. The van der Waals surface area contributed by atoms with E-state index in [9.17, 15) is 9.18 Å². The van der Waals surface area contributed by atoms with Crippen LogP contribution < -0.4 is 0 Å². The van der Waals surface area contributed by atoms with Gasteiger partial charge in [-0.05, 0) is 12.8 Å². The Morgan fingerprint density at radius 1 is 1.50 bits per heavy atom. The molecule has 0 heterocycles. The fourth-order valence-electron chi connectivity index (χ4n) is 2.00. The number of ether oxygens (including phenoxy) is 1. The van der Waals surface area contributed by atoms with Crippen LogP contribution in [0.5, 0.6) is 0 Å². The molecule has 1 fully saturated rings. The summed E-state index contributed by atoms with van der Waals surface area (Å²) >= 11 is 0. The van der Waals surface area contributed by atoms with Crippen molar-refractivity contribution in [3.63, 3.8) is 0 Å². The highest BCUT2D eigenvalue weighted by atomic mass is 19.1. The zero-order valence-electron chi connectivity index (χ0n) is 8.67. The van der Waals surface area contributed by atoms with Crippen LogP contribution in [0.4, 0.5) is 4.39 Å². The van der Waals surface area contributed by atoms with E-state index >= 15 is 0 Å². The first-order valence-corrected chi connectivity index (χ1v) is 5.14. The number of hydrogen-bond donors (Lipinski definition) is 0. The Labute approximate surface area is 84.2 Å². The number of rotatable bonds is 5. The molecular weight excluding hydrogens is 185 g/mol. The van der Waals surface area contributed by atoms with Gasteiger partial charge in [-0.15, -0.1) is 0 Å². The second kappa shape index (κ2) is 5.96. The molecule has 0 saturated heterocycles. The Morgan fingerprint density at radius 3 is 2.64 bits per heavy atom. The molecule has 0 aliphatic heterocycles. The minimum atomic E-state index is -0.395. The van der Waals surface area contributed by atoms with Crippen molar-refractivity contribution in [2.45, 2.75) is 31.7 Å². The van der Waals surface area contributed by atoms with Gasteiger partial charge in [-0.1, -0.05) is 12.8 Å². The van der Waals surface area contributed by atoms with E-state index in [2.05, 4.69) is 4.74 Å². The van der Waals surface area contributed by atoms with E-state index in [1.54, 1.807) is 0 Å². The highest BCUT2D eigenvalue weighted by Gasteiger charge is 2.24. The molecule has 0 N–H and O–H groups in total. The van der Waals surface area contributed by atoms with E-state index in [1.807, 2.05) is 4.90 Å². The predicted octanol–water partition coefficient (Wildman–Crippen LogP) is 1.37. The van der Waals surface area contributed by atoms with Gasteiger partial charge in [0.15, 0.2) is 0 Å². The van der Waals surface area contributed by atoms with Crippen molar-refractivity contribution in [3.05, 3.63) is 0 Å². The molecule has 1 aliphatic carbocycles. The van der Waals surface area contributed by atoms with Crippen molar-refractivity contribution in [2.24, 2.45) is 0 Å². The summed E-state index contributed by atoms with van der Waals surface area (Å²) in [5.41, 5.74) is 0. The van der Waals surface area contributed by atoms with Crippen LogP contribution in [0.2, 0.25) is 0 Å². The Morgan fingerprint density at radius 2 is 2.14 bits per heavy atom. The Bertz CT molecular complexity index is 181. The molecule has 1 saturated carbocycles. The number of methoxy groups -OCH3 is 1. The average molecular weight is 203 g/mol. The normalized spacial score (nSPS) is 17.6. The molecule has 14 heavy (non-hydrogen) atoms. The first-order valence-electron chi connectivity index (χ1n) is 5.14. The number of halogens is 1. The van der Waals surface area contributed by atoms with Gasteiger partial charge in [-0.2, -0.15) is 0 Å². The van der Waals surface area contributed by atoms with Crippen molar-refractivity contribution in [1.29, 1.82) is 0 Å². The largest absolute Gasteiger partial charge is 0.468 e. The zero-order valence-corrected chi connectivity index (χ0v) is 8.67. The molecule has 0 aromatic carbocycles. The van der Waals surface area contributed by atoms with Gasteiger partial charge in [-0.3, -0.25) is 9.69 Å². The van der Waals surface area contributed by atoms with Crippen LogP contribution in [0.1, 0.15) is 25.7 Å². The SMILES string of the molecule is COC(=O)CN(CCF)C1CCCC1. The number of carbonyl (C=O) groups is 1. The van der Waals surface area contributed by atoms with Crippen molar-refractivity contribution >= 4 is 5.97 Å². The lowest BCUT2D eigenvalue weighted by molar-refractivity contribution is -0.142. The van der Waals surface area contributed by atoms with Crippen LogP contribution in [0.25, 0.3) is 0 Å². The van der Waals surface area contributed by atoms with E-state index < -0.39 is 6.67 Å². The molecule has 0 bridgehead atoms.